The Labute approximate surface area is 90.9 Å². The number of hydrogen-bond acceptors (Lipinski definition) is 3. The lowest BCUT2D eigenvalue weighted by Crippen LogP contribution is -2.34. The second-order valence-electron chi connectivity index (χ2n) is 4.14. The first-order chi connectivity index (χ1) is 7.09. The summed E-state index contributed by atoms with van der Waals surface area (Å²) in [7, 11) is 1.59. The summed E-state index contributed by atoms with van der Waals surface area (Å²) in [6.45, 7) is 5.16. The molecule has 0 spiro atoms. The van der Waals surface area contributed by atoms with Crippen molar-refractivity contribution in [2.24, 2.45) is 0 Å². The van der Waals surface area contributed by atoms with E-state index in [4.69, 9.17) is 4.74 Å². The van der Waals surface area contributed by atoms with Crippen molar-refractivity contribution in [1.82, 2.24) is 9.55 Å². The molecule has 0 amide bonds. The molecule has 0 saturated heterocycles. The van der Waals surface area contributed by atoms with E-state index >= 15 is 0 Å². The average Bonchev–Trinajstić information content (AvgIpc) is 2.52. The first kappa shape index (κ1) is 12.2. The van der Waals surface area contributed by atoms with Crippen molar-refractivity contribution in [1.29, 1.82) is 0 Å². The quantitative estimate of drug-likeness (QED) is 0.771. The summed E-state index contributed by atoms with van der Waals surface area (Å²) in [4.78, 5) is 4.25. The number of aromatic nitrogens is 2. The number of aliphatic hydroxyl groups is 1. The molecule has 1 unspecified atom stereocenters. The Morgan fingerprint density at radius 2 is 2.33 bits per heavy atom. The van der Waals surface area contributed by atoms with Gasteiger partial charge in [0.05, 0.1) is 12.2 Å². The van der Waals surface area contributed by atoms with E-state index in [-0.39, 0.29) is 0 Å². The van der Waals surface area contributed by atoms with E-state index in [1.165, 1.54) is 0 Å². The van der Waals surface area contributed by atoms with Crippen molar-refractivity contribution in [2.75, 3.05) is 13.7 Å². The van der Waals surface area contributed by atoms with Crippen LogP contribution in [0.1, 0.15) is 26.1 Å². The van der Waals surface area contributed by atoms with Crippen LogP contribution in [-0.4, -0.2) is 34.0 Å². The van der Waals surface area contributed by atoms with Crippen LogP contribution in [0.25, 0.3) is 0 Å². The minimum absolute atomic E-state index is 0.325. The predicted octanol–water partition coefficient (Wildman–Crippen LogP) is 1.23. The monoisotopic (exact) mass is 212 g/mol. The molecule has 86 valence electrons. The number of hydrogen-bond donors (Lipinski definition) is 1. The highest BCUT2D eigenvalue weighted by atomic mass is 16.5. The number of imidazole rings is 1. The SMILES string of the molecule is CCCn1ccnc1CC(C)(O)COC. The topological polar surface area (TPSA) is 47.3 Å². The van der Waals surface area contributed by atoms with E-state index < -0.39 is 5.60 Å². The standard InChI is InChI=1S/C11H20N2O2/c1-4-6-13-7-5-12-10(13)8-11(2,14)9-15-3/h5,7,14H,4,6,8-9H2,1-3H3. The molecule has 15 heavy (non-hydrogen) atoms. The fraction of sp³-hybridized carbons (Fsp3) is 0.727. The second-order valence-corrected chi connectivity index (χ2v) is 4.14. The summed E-state index contributed by atoms with van der Waals surface area (Å²) in [6, 6.07) is 0. The Balaban J connectivity index is 2.66. The summed E-state index contributed by atoms with van der Waals surface area (Å²) in [5.41, 5.74) is -0.842. The molecule has 1 rings (SSSR count). The van der Waals surface area contributed by atoms with Crippen molar-refractivity contribution in [3.63, 3.8) is 0 Å². The van der Waals surface area contributed by atoms with E-state index in [0.29, 0.717) is 13.0 Å². The normalized spacial score (nSPS) is 15.2. The van der Waals surface area contributed by atoms with Crippen LogP contribution < -0.4 is 0 Å². The minimum Gasteiger partial charge on any atom is -0.387 e. The number of ether oxygens (including phenoxy) is 1. The van der Waals surface area contributed by atoms with Crippen LogP contribution in [0.3, 0.4) is 0 Å². The molecule has 1 aromatic rings. The molecule has 0 saturated carbocycles. The minimum atomic E-state index is -0.842. The molecule has 1 N–H and O–H groups in total. The molecular weight excluding hydrogens is 192 g/mol. The summed E-state index contributed by atoms with van der Waals surface area (Å²) in [5, 5.41) is 10.0. The summed E-state index contributed by atoms with van der Waals surface area (Å²) >= 11 is 0. The fourth-order valence-corrected chi connectivity index (χ4v) is 1.65. The lowest BCUT2D eigenvalue weighted by molar-refractivity contribution is -0.0179. The molecule has 0 aliphatic heterocycles. The van der Waals surface area contributed by atoms with Gasteiger partial charge < -0.3 is 14.4 Å². The van der Waals surface area contributed by atoms with E-state index in [9.17, 15) is 5.11 Å². The van der Waals surface area contributed by atoms with Crippen molar-refractivity contribution < 1.29 is 9.84 Å². The maximum absolute atomic E-state index is 10.0. The molecule has 4 nitrogen and oxygen atoms in total. The predicted molar refractivity (Wildman–Crippen MR) is 58.7 cm³/mol. The maximum Gasteiger partial charge on any atom is 0.111 e. The van der Waals surface area contributed by atoms with Crippen LogP contribution in [-0.2, 0) is 17.7 Å². The fourth-order valence-electron chi connectivity index (χ4n) is 1.65. The van der Waals surface area contributed by atoms with Gasteiger partial charge in [0.1, 0.15) is 5.82 Å². The van der Waals surface area contributed by atoms with Gasteiger partial charge in [-0.15, -0.1) is 0 Å². The lowest BCUT2D eigenvalue weighted by atomic mass is 10.0. The number of methoxy groups -OCH3 is 1. The molecule has 0 radical (unpaired) electrons. The average molecular weight is 212 g/mol. The molecular formula is C11H20N2O2. The zero-order chi connectivity index (χ0) is 11.3. The molecule has 0 aliphatic carbocycles. The Hall–Kier alpha value is -0.870. The van der Waals surface area contributed by atoms with Crippen LogP contribution in [0.4, 0.5) is 0 Å². The van der Waals surface area contributed by atoms with Crippen molar-refractivity contribution in [3.8, 4) is 0 Å². The van der Waals surface area contributed by atoms with Crippen LogP contribution >= 0.6 is 0 Å². The third kappa shape index (κ3) is 3.64. The van der Waals surface area contributed by atoms with Gasteiger partial charge in [0.15, 0.2) is 0 Å². The lowest BCUT2D eigenvalue weighted by Gasteiger charge is -2.22. The molecule has 0 aliphatic rings. The molecule has 1 atom stereocenters. The van der Waals surface area contributed by atoms with Crippen molar-refractivity contribution >= 4 is 0 Å². The molecule has 0 fully saturated rings. The summed E-state index contributed by atoms with van der Waals surface area (Å²) < 4.78 is 7.04. The second kappa shape index (κ2) is 5.28. The van der Waals surface area contributed by atoms with Gasteiger partial charge in [-0.1, -0.05) is 6.92 Å². The summed E-state index contributed by atoms with van der Waals surface area (Å²) in [5.74, 6) is 0.916. The van der Waals surface area contributed by atoms with Gasteiger partial charge in [-0.2, -0.15) is 0 Å². The van der Waals surface area contributed by atoms with Crippen LogP contribution in [0.5, 0.6) is 0 Å². The molecule has 0 bridgehead atoms. The largest absolute Gasteiger partial charge is 0.387 e. The first-order valence-electron chi connectivity index (χ1n) is 5.30. The van der Waals surface area contributed by atoms with Gasteiger partial charge in [-0.05, 0) is 13.3 Å². The number of rotatable bonds is 6. The highest BCUT2D eigenvalue weighted by molar-refractivity contribution is 4.97. The molecule has 0 aromatic carbocycles. The third-order valence-corrected chi connectivity index (χ3v) is 2.26. The smallest absolute Gasteiger partial charge is 0.111 e. The Morgan fingerprint density at radius 1 is 1.60 bits per heavy atom. The van der Waals surface area contributed by atoms with Gasteiger partial charge in [0.25, 0.3) is 0 Å². The van der Waals surface area contributed by atoms with Gasteiger partial charge in [0.2, 0.25) is 0 Å². The first-order valence-corrected chi connectivity index (χ1v) is 5.30. The highest BCUT2D eigenvalue weighted by Gasteiger charge is 2.23. The van der Waals surface area contributed by atoms with Gasteiger partial charge in [-0.3, -0.25) is 0 Å². The highest BCUT2D eigenvalue weighted by Crippen LogP contribution is 2.12. The van der Waals surface area contributed by atoms with Crippen LogP contribution in [0.2, 0.25) is 0 Å². The summed E-state index contributed by atoms with van der Waals surface area (Å²) in [6.07, 6.45) is 5.30. The van der Waals surface area contributed by atoms with Crippen LogP contribution in [0.15, 0.2) is 12.4 Å². The molecule has 1 aromatic heterocycles. The van der Waals surface area contributed by atoms with Gasteiger partial charge in [0, 0.05) is 32.5 Å². The number of nitrogens with zero attached hydrogens (tertiary/aromatic N) is 2. The van der Waals surface area contributed by atoms with Crippen LogP contribution in [0, 0.1) is 0 Å². The maximum atomic E-state index is 10.0. The Morgan fingerprint density at radius 3 is 2.93 bits per heavy atom. The Kier molecular flexibility index (Phi) is 4.29. The van der Waals surface area contributed by atoms with Crippen molar-refractivity contribution in [3.05, 3.63) is 18.2 Å². The molecule has 1 heterocycles. The van der Waals surface area contributed by atoms with Gasteiger partial charge >= 0.3 is 0 Å². The Bertz CT molecular complexity index is 295. The van der Waals surface area contributed by atoms with Gasteiger partial charge in [-0.25, -0.2) is 4.98 Å². The van der Waals surface area contributed by atoms with E-state index in [2.05, 4.69) is 16.5 Å². The zero-order valence-corrected chi connectivity index (χ0v) is 9.73. The van der Waals surface area contributed by atoms with E-state index in [1.807, 2.05) is 6.20 Å². The van der Waals surface area contributed by atoms with E-state index in [0.717, 1.165) is 18.8 Å². The zero-order valence-electron chi connectivity index (χ0n) is 9.73. The number of aryl methyl sites for hydroxylation is 1. The van der Waals surface area contributed by atoms with E-state index in [1.54, 1.807) is 20.2 Å². The van der Waals surface area contributed by atoms with Crippen molar-refractivity contribution in [2.45, 2.75) is 38.8 Å². The molecule has 4 heteroatoms. The third-order valence-electron chi connectivity index (χ3n) is 2.26.